The van der Waals surface area contributed by atoms with Gasteiger partial charge in [0.15, 0.2) is 5.65 Å². The first-order valence-electron chi connectivity index (χ1n) is 10.8. The van der Waals surface area contributed by atoms with Crippen LogP contribution in [0.25, 0.3) is 33.7 Å². The molecule has 5 aromatic rings. The lowest BCUT2D eigenvalue weighted by atomic mass is 9.97. The largest absolute Gasteiger partial charge is 0.416 e. The average Bonchev–Trinajstić information content (AvgIpc) is 3.56. The predicted molar refractivity (Wildman–Crippen MR) is 126 cm³/mol. The molecule has 4 heterocycles. The van der Waals surface area contributed by atoms with Crippen LogP contribution in [0.1, 0.15) is 42.9 Å². The van der Waals surface area contributed by atoms with Gasteiger partial charge in [0.05, 0.1) is 11.8 Å². The number of aromatic nitrogens is 7. The molecule has 0 atom stereocenters. The van der Waals surface area contributed by atoms with Gasteiger partial charge in [-0.05, 0) is 17.2 Å². The number of fused-ring (bicyclic) bond motifs is 1. The smallest absolute Gasteiger partial charge is 0.309 e. The minimum absolute atomic E-state index is 0.0383. The van der Waals surface area contributed by atoms with Crippen LogP contribution in [-0.4, -0.2) is 40.8 Å². The lowest BCUT2D eigenvalue weighted by Gasteiger charge is -2.10. The number of nitrogens with zero attached hydrogens (tertiary/aromatic N) is 6. The van der Waals surface area contributed by atoms with E-state index in [1.165, 1.54) is 0 Å². The number of hydrogen-bond acceptors (Lipinski definition) is 7. The number of carbonyl (C=O) groups is 1. The Morgan fingerprint density at radius 1 is 1.12 bits per heavy atom. The van der Waals surface area contributed by atoms with E-state index < -0.39 is 5.91 Å². The molecule has 0 spiro atoms. The number of amides is 1. The van der Waals surface area contributed by atoms with Crippen molar-refractivity contribution in [2.75, 3.05) is 0 Å². The number of aryl methyl sites for hydroxylation is 1. The first-order valence-corrected chi connectivity index (χ1v) is 10.8. The maximum atomic E-state index is 12.4. The summed E-state index contributed by atoms with van der Waals surface area (Å²) in [6.45, 7) is 6.18. The van der Waals surface area contributed by atoms with Crippen LogP contribution in [0.5, 0.6) is 0 Å². The maximum Gasteiger partial charge on any atom is 0.309 e. The van der Waals surface area contributed by atoms with Crippen LogP contribution >= 0.6 is 0 Å². The highest BCUT2D eigenvalue weighted by Crippen LogP contribution is 2.28. The molecule has 1 amide bonds. The summed E-state index contributed by atoms with van der Waals surface area (Å²) in [7, 11) is 1.87. The fraction of sp³-hybridized carbons (Fsp3) is 0.250. The molecule has 5 rings (SSSR count). The van der Waals surface area contributed by atoms with Gasteiger partial charge in [-0.1, -0.05) is 45.0 Å². The van der Waals surface area contributed by atoms with E-state index >= 15 is 0 Å². The van der Waals surface area contributed by atoms with E-state index in [0.29, 0.717) is 18.1 Å². The highest BCUT2D eigenvalue weighted by Gasteiger charge is 2.23. The third kappa shape index (κ3) is 4.17. The van der Waals surface area contributed by atoms with Crippen molar-refractivity contribution < 1.29 is 9.21 Å². The minimum atomic E-state index is -0.401. The van der Waals surface area contributed by atoms with Crippen molar-refractivity contribution in [3.05, 3.63) is 66.3 Å². The molecule has 0 saturated heterocycles. The molecule has 2 N–H and O–H groups in total. The number of nitrogens with one attached hydrogen (secondary N) is 2. The summed E-state index contributed by atoms with van der Waals surface area (Å²) in [6.07, 6.45) is 5.42. The number of benzene rings is 1. The van der Waals surface area contributed by atoms with Crippen LogP contribution < -0.4 is 5.32 Å². The molecule has 4 aromatic heterocycles. The summed E-state index contributed by atoms with van der Waals surface area (Å²) in [5.74, 6) is 0.708. The normalized spacial score (nSPS) is 11.8. The molecule has 0 aliphatic carbocycles. The van der Waals surface area contributed by atoms with Gasteiger partial charge in [-0.2, -0.15) is 5.10 Å². The number of imidazole rings is 1. The van der Waals surface area contributed by atoms with E-state index in [-0.39, 0.29) is 11.3 Å². The van der Waals surface area contributed by atoms with E-state index in [0.717, 1.165) is 33.6 Å². The third-order valence-electron chi connectivity index (χ3n) is 5.34. The van der Waals surface area contributed by atoms with Crippen molar-refractivity contribution >= 4 is 17.1 Å². The Morgan fingerprint density at radius 2 is 1.91 bits per heavy atom. The number of carbonyl (C=O) groups excluding carboxylic acids is 1. The summed E-state index contributed by atoms with van der Waals surface area (Å²) < 4.78 is 7.23. The van der Waals surface area contributed by atoms with E-state index in [2.05, 4.69) is 30.6 Å². The highest BCUT2D eigenvalue weighted by molar-refractivity contribution is 5.91. The Morgan fingerprint density at radius 3 is 2.59 bits per heavy atom. The molecule has 0 aliphatic heterocycles. The van der Waals surface area contributed by atoms with E-state index in [1.54, 1.807) is 17.1 Å². The minimum Gasteiger partial charge on any atom is -0.416 e. The van der Waals surface area contributed by atoms with Crippen molar-refractivity contribution in [1.82, 2.24) is 40.2 Å². The second kappa shape index (κ2) is 8.22. The Balaban J connectivity index is 1.32. The summed E-state index contributed by atoms with van der Waals surface area (Å²) in [5, 5.41) is 14.8. The van der Waals surface area contributed by atoms with Crippen molar-refractivity contribution in [3.63, 3.8) is 0 Å². The first-order chi connectivity index (χ1) is 16.3. The van der Waals surface area contributed by atoms with E-state index in [9.17, 15) is 4.79 Å². The molecule has 0 fully saturated rings. The van der Waals surface area contributed by atoms with Gasteiger partial charge < -0.3 is 14.7 Å². The Bertz CT molecular complexity index is 1470. The summed E-state index contributed by atoms with van der Waals surface area (Å²) in [5.41, 5.74) is 4.98. The average molecular weight is 457 g/mol. The summed E-state index contributed by atoms with van der Waals surface area (Å²) >= 11 is 0. The van der Waals surface area contributed by atoms with E-state index in [1.807, 2.05) is 64.3 Å². The van der Waals surface area contributed by atoms with Crippen molar-refractivity contribution in [3.8, 4) is 22.5 Å². The van der Waals surface area contributed by atoms with Gasteiger partial charge in [0.1, 0.15) is 11.3 Å². The zero-order chi connectivity index (χ0) is 23.9. The second-order valence-corrected chi connectivity index (χ2v) is 9.09. The molecule has 172 valence electrons. The van der Waals surface area contributed by atoms with Crippen molar-refractivity contribution in [2.24, 2.45) is 7.05 Å². The van der Waals surface area contributed by atoms with Gasteiger partial charge in [-0.15, -0.1) is 10.2 Å². The molecule has 10 heteroatoms. The molecule has 0 unspecified atom stereocenters. The number of aromatic amines is 1. The maximum absolute atomic E-state index is 12.4. The molecule has 10 nitrogen and oxygen atoms in total. The molecule has 34 heavy (non-hydrogen) atoms. The standard InChI is InChI=1S/C24H24N8O2/c1-24(2,3)23-31-30-22(34-23)21(33)26-11-14-5-7-15(8-6-14)17-9-10-25-20-18(17)28-19(29-20)16-12-27-32(4)13-16/h5-10,12-13H,11H2,1-4H3,(H,26,33)(H,25,28,29). The molecular weight excluding hydrogens is 432 g/mol. The molecule has 0 bridgehead atoms. The van der Waals surface area contributed by atoms with Crippen LogP contribution in [0.3, 0.4) is 0 Å². The van der Waals surface area contributed by atoms with Gasteiger partial charge in [-0.25, -0.2) is 9.97 Å². The predicted octanol–water partition coefficient (Wildman–Crippen LogP) is 3.64. The Hall–Kier alpha value is -4.34. The Labute approximate surface area is 195 Å². The van der Waals surface area contributed by atoms with Crippen LogP contribution in [0.2, 0.25) is 0 Å². The lowest BCUT2D eigenvalue weighted by Crippen LogP contribution is -2.23. The Kier molecular flexibility index (Phi) is 5.20. The van der Waals surface area contributed by atoms with Crippen LogP contribution in [0, 0.1) is 0 Å². The fourth-order valence-corrected chi connectivity index (χ4v) is 3.50. The fourth-order valence-electron chi connectivity index (χ4n) is 3.50. The summed E-state index contributed by atoms with van der Waals surface area (Å²) in [6, 6.07) is 9.86. The van der Waals surface area contributed by atoms with Crippen molar-refractivity contribution in [1.29, 1.82) is 0 Å². The zero-order valence-electron chi connectivity index (χ0n) is 19.3. The first kappa shape index (κ1) is 21.5. The topological polar surface area (TPSA) is 127 Å². The molecule has 0 aliphatic rings. The number of H-pyrrole nitrogens is 1. The van der Waals surface area contributed by atoms with Gasteiger partial charge in [-0.3, -0.25) is 9.48 Å². The lowest BCUT2D eigenvalue weighted by molar-refractivity contribution is 0.0912. The van der Waals surface area contributed by atoms with E-state index in [4.69, 9.17) is 9.40 Å². The molecule has 1 aromatic carbocycles. The number of rotatable bonds is 5. The van der Waals surface area contributed by atoms with Gasteiger partial charge in [0, 0.05) is 37.0 Å². The number of hydrogen-bond donors (Lipinski definition) is 2. The molecule has 0 radical (unpaired) electrons. The van der Waals surface area contributed by atoms with Gasteiger partial charge >= 0.3 is 11.8 Å². The van der Waals surface area contributed by atoms with Gasteiger partial charge in [0.2, 0.25) is 5.89 Å². The quantitative estimate of drug-likeness (QED) is 0.413. The highest BCUT2D eigenvalue weighted by atomic mass is 16.4. The van der Waals surface area contributed by atoms with Gasteiger partial charge in [0.25, 0.3) is 0 Å². The van der Waals surface area contributed by atoms with Crippen molar-refractivity contribution in [2.45, 2.75) is 32.7 Å². The summed E-state index contributed by atoms with van der Waals surface area (Å²) in [4.78, 5) is 24.8. The number of pyridine rings is 1. The SMILES string of the molecule is Cn1cc(-c2nc3c(-c4ccc(CNC(=O)c5nnc(C(C)(C)C)o5)cc4)ccnc3[nH]2)cn1. The second-order valence-electron chi connectivity index (χ2n) is 9.09. The van der Waals surface area contributed by atoms with Crippen LogP contribution in [0.15, 0.2) is 53.3 Å². The molecular formula is C24H24N8O2. The third-order valence-corrected chi connectivity index (χ3v) is 5.34. The van der Waals surface area contributed by atoms with Crippen LogP contribution in [-0.2, 0) is 19.0 Å². The monoisotopic (exact) mass is 456 g/mol. The molecule has 0 saturated carbocycles. The zero-order valence-corrected chi connectivity index (χ0v) is 19.3. The van der Waals surface area contributed by atoms with Crippen LogP contribution in [0.4, 0.5) is 0 Å².